The van der Waals surface area contributed by atoms with E-state index in [9.17, 15) is 34.5 Å². The summed E-state index contributed by atoms with van der Waals surface area (Å²) < 4.78 is 28.4. The van der Waals surface area contributed by atoms with Crippen LogP contribution in [-0.2, 0) is 42.9 Å². The highest BCUT2D eigenvalue weighted by Gasteiger charge is 2.50. The zero-order chi connectivity index (χ0) is 56.1. The van der Waals surface area contributed by atoms with Gasteiger partial charge in [0.25, 0.3) is 0 Å². The second kappa shape index (κ2) is 52.6. The van der Waals surface area contributed by atoms with Crippen LogP contribution in [0.25, 0.3) is 0 Å². The van der Waals surface area contributed by atoms with Crippen molar-refractivity contribution in [3.05, 3.63) is 85.1 Å². The number of rotatable bonds is 51. The maximum atomic E-state index is 13.1. The molecule has 1 rings (SSSR count). The molecule has 0 aliphatic carbocycles. The molecule has 77 heavy (non-hydrogen) atoms. The van der Waals surface area contributed by atoms with Gasteiger partial charge >= 0.3 is 23.9 Å². The van der Waals surface area contributed by atoms with E-state index in [1.807, 2.05) is 0 Å². The van der Waals surface area contributed by atoms with Crippen molar-refractivity contribution in [2.45, 2.75) is 289 Å². The summed E-state index contributed by atoms with van der Waals surface area (Å²) in [6.07, 6.45) is 55.4. The lowest BCUT2D eigenvalue weighted by atomic mass is 9.98. The normalized spacial score (nSPS) is 18.6. The summed E-state index contributed by atoms with van der Waals surface area (Å²) in [6, 6.07) is 0. The van der Waals surface area contributed by atoms with Gasteiger partial charge in [-0.25, -0.2) is 4.79 Å². The molecule has 0 amide bonds. The first kappa shape index (κ1) is 70.9. The molecule has 1 aliphatic rings. The first-order valence-corrected chi connectivity index (χ1v) is 30.6. The van der Waals surface area contributed by atoms with Crippen LogP contribution in [0.15, 0.2) is 85.1 Å². The summed E-state index contributed by atoms with van der Waals surface area (Å²) >= 11 is 0. The van der Waals surface area contributed by atoms with E-state index in [2.05, 4.69) is 106 Å². The molecule has 1 aliphatic heterocycles. The zero-order valence-electron chi connectivity index (χ0n) is 48.4. The Morgan fingerprint density at radius 3 is 1.31 bits per heavy atom. The molecule has 6 unspecified atom stereocenters. The smallest absolute Gasteiger partial charge is 0.335 e. The number of esters is 3. The second-order valence-electron chi connectivity index (χ2n) is 20.6. The van der Waals surface area contributed by atoms with E-state index in [0.717, 1.165) is 154 Å². The van der Waals surface area contributed by atoms with E-state index in [1.165, 1.54) is 38.5 Å². The molecule has 0 aromatic rings. The molecule has 3 N–H and O–H groups in total. The van der Waals surface area contributed by atoms with Crippen LogP contribution in [-0.4, -0.2) is 89.2 Å². The molecule has 0 radical (unpaired) electrons. The van der Waals surface area contributed by atoms with E-state index in [4.69, 9.17) is 23.7 Å². The van der Waals surface area contributed by atoms with Crippen LogP contribution in [0.3, 0.4) is 0 Å². The predicted molar refractivity (Wildman–Crippen MR) is 312 cm³/mol. The predicted octanol–water partition coefficient (Wildman–Crippen LogP) is 15.9. The second-order valence-corrected chi connectivity index (χ2v) is 20.6. The monoisotopic (exact) mass is 1080 g/mol. The summed E-state index contributed by atoms with van der Waals surface area (Å²) in [4.78, 5) is 51.2. The Morgan fingerprint density at radius 2 is 0.844 bits per heavy atom. The highest BCUT2D eigenvalue weighted by Crippen LogP contribution is 2.26. The third-order valence-electron chi connectivity index (χ3n) is 13.4. The molecule has 0 bridgehead atoms. The Balaban J connectivity index is 2.69. The number of carbonyl (C=O) groups is 4. The number of carbonyl (C=O) groups excluding carboxylic acids is 3. The quantitative estimate of drug-likeness (QED) is 0.0228. The molecule has 6 atom stereocenters. The number of carboxylic acids is 1. The molecule has 12 nitrogen and oxygen atoms in total. The molecular formula is C65H108O12. The standard InChI is InChI=1S/C65H108O12/c1-4-7-10-13-16-19-22-25-27-28-29-30-32-35-38-41-44-47-50-53-59(68)76-63-61(70)60(69)62(64(71)72)77-65(63)74-55-56(75-58(67)52-49-46-43-40-37-33-24-21-18-15-12-9-6-3)54-73-57(66)51-48-45-42-39-36-34-31-26-23-20-17-14-11-8-5-2/h7,10,12,15-16,19,21,24-27,29-31,56,60-63,65,69-70H,4-6,8-9,11,13-14,17-18,20,22-23,28,32-55H2,1-3H3,(H,71,72)/b10-7-,15-12-,19-16-,24-21-,27-25-,30-29-,31-26-. The van der Waals surface area contributed by atoms with Gasteiger partial charge in [0, 0.05) is 19.3 Å². The van der Waals surface area contributed by atoms with Gasteiger partial charge in [0.15, 0.2) is 24.6 Å². The minimum absolute atomic E-state index is 0.0390. The lowest BCUT2D eigenvalue weighted by Crippen LogP contribution is -2.61. The number of unbranched alkanes of at least 4 members (excludes halogenated alkanes) is 23. The van der Waals surface area contributed by atoms with E-state index >= 15 is 0 Å². The summed E-state index contributed by atoms with van der Waals surface area (Å²) in [6.45, 7) is 5.79. The summed E-state index contributed by atoms with van der Waals surface area (Å²) in [7, 11) is 0. The van der Waals surface area contributed by atoms with Gasteiger partial charge < -0.3 is 39.0 Å². The molecule has 12 heteroatoms. The Bertz CT molecular complexity index is 1660. The van der Waals surface area contributed by atoms with Crippen LogP contribution < -0.4 is 0 Å². The third-order valence-corrected chi connectivity index (χ3v) is 13.4. The van der Waals surface area contributed by atoms with Gasteiger partial charge in [-0.15, -0.1) is 0 Å². The third kappa shape index (κ3) is 42.5. The number of ether oxygens (including phenoxy) is 5. The Kier molecular flexibility index (Phi) is 48.4. The van der Waals surface area contributed by atoms with Gasteiger partial charge in [0.1, 0.15) is 18.8 Å². The van der Waals surface area contributed by atoms with Crippen molar-refractivity contribution in [1.29, 1.82) is 0 Å². The fraction of sp³-hybridized carbons (Fsp3) is 0.723. The Hall–Kier alpha value is -4.10. The van der Waals surface area contributed by atoms with Gasteiger partial charge in [-0.1, -0.05) is 209 Å². The Labute approximate surface area is 467 Å². The SMILES string of the molecule is CC/C=C\C/C=C\C/C=C\C/C=C\CCCCCCCCC(=O)OC1C(OCC(COC(=O)CCCCCCC/C=C\CCCCCCCC)OC(=O)CCCCCCC/C=C\C/C=C\CCC)OC(C(=O)O)C(O)C1O. The van der Waals surface area contributed by atoms with Crippen molar-refractivity contribution < 1.29 is 58.2 Å². The molecule has 1 saturated heterocycles. The molecule has 0 spiro atoms. The minimum atomic E-state index is -1.91. The van der Waals surface area contributed by atoms with Gasteiger partial charge in [0.2, 0.25) is 0 Å². The lowest BCUT2D eigenvalue weighted by Gasteiger charge is -2.40. The molecular weight excluding hydrogens is 973 g/mol. The van der Waals surface area contributed by atoms with Crippen molar-refractivity contribution in [2.24, 2.45) is 0 Å². The molecule has 1 fully saturated rings. The number of aliphatic hydroxyl groups excluding tert-OH is 2. The molecule has 440 valence electrons. The van der Waals surface area contributed by atoms with Crippen LogP contribution in [0.2, 0.25) is 0 Å². The maximum absolute atomic E-state index is 13.1. The van der Waals surface area contributed by atoms with Gasteiger partial charge in [-0.2, -0.15) is 0 Å². The van der Waals surface area contributed by atoms with Crippen LogP contribution >= 0.6 is 0 Å². The molecule has 1 heterocycles. The summed E-state index contributed by atoms with van der Waals surface area (Å²) in [5, 5.41) is 31.5. The topological polar surface area (TPSA) is 175 Å². The average Bonchev–Trinajstić information content (AvgIpc) is 3.42. The highest BCUT2D eigenvalue weighted by atomic mass is 16.7. The van der Waals surface area contributed by atoms with Crippen molar-refractivity contribution >= 4 is 23.9 Å². The van der Waals surface area contributed by atoms with Crippen molar-refractivity contribution in [1.82, 2.24) is 0 Å². The van der Waals surface area contributed by atoms with E-state index in [1.54, 1.807) is 0 Å². The highest BCUT2D eigenvalue weighted by molar-refractivity contribution is 5.74. The van der Waals surface area contributed by atoms with Crippen LogP contribution in [0.1, 0.15) is 252 Å². The van der Waals surface area contributed by atoms with E-state index in [0.29, 0.717) is 19.3 Å². The summed E-state index contributed by atoms with van der Waals surface area (Å²) in [5.41, 5.74) is 0. The van der Waals surface area contributed by atoms with E-state index < -0.39 is 67.3 Å². The number of carboxylic acid groups (broad SMARTS) is 1. The number of hydrogen-bond acceptors (Lipinski definition) is 11. The molecule has 0 saturated carbocycles. The van der Waals surface area contributed by atoms with Gasteiger partial charge in [-0.05, 0) is 109 Å². The number of aliphatic carboxylic acids is 1. The van der Waals surface area contributed by atoms with Crippen LogP contribution in [0.5, 0.6) is 0 Å². The minimum Gasteiger partial charge on any atom is -0.479 e. The van der Waals surface area contributed by atoms with Crippen molar-refractivity contribution in [2.75, 3.05) is 13.2 Å². The average molecular weight is 1080 g/mol. The number of allylic oxidation sites excluding steroid dienone is 14. The largest absolute Gasteiger partial charge is 0.479 e. The van der Waals surface area contributed by atoms with Crippen LogP contribution in [0, 0.1) is 0 Å². The molecule has 0 aromatic heterocycles. The first-order chi connectivity index (χ1) is 37.6. The van der Waals surface area contributed by atoms with Crippen LogP contribution in [0.4, 0.5) is 0 Å². The molecule has 0 aromatic carbocycles. The number of aliphatic hydroxyl groups is 2. The van der Waals surface area contributed by atoms with Gasteiger partial charge in [0.05, 0.1) is 6.61 Å². The lowest BCUT2D eigenvalue weighted by molar-refractivity contribution is -0.301. The van der Waals surface area contributed by atoms with Gasteiger partial charge in [-0.3, -0.25) is 14.4 Å². The summed E-state index contributed by atoms with van der Waals surface area (Å²) in [5.74, 6) is -3.17. The van der Waals surface area contributed by atoms with E-state index in [-0.39, 0.29) is 25.9 Å². The fourth-order valence-electron chi connectivity index (χ4n) is 8.74. The Morgan fingerprint density at radius 1 is 0.442 bits per heavy atom. The fourth-order valence-corrected chi connectivity index (χ4v) is 8.74. The zero-order valence-corrected chi connectivity index (χ0v) is 48.4. The maximum Gasteiger partial charge on any atom is 0.335 e. The first-order valence-electron chi connectivity index (χ1n) is 30.6. The van der Waals surface area contributed by atoms with Crippen molar-refractivity contribution in [3.8, 4) is 0 Å². The van der Waals surface area contributed by atoms with Crippen molar-refractivity contribution in [3.63, 3.8) is 0 Å². The number of hydrogen-bond donors (Lipinski definition) is 3.